The number of thioether (sulfide) groups is 1. The van der Waals surface area contributed by atoms with Gasteiger partial charge in [0.05, 0.1) is 6.10 Å². The highest BCUT2D eigenvalue weighted by atomic mass is 32.2. The van der Waals surface area contributed by atoms with E-state index >= 15 is 0 Å². The maximum Gasteiger partial charge on any atom is 0.0666 e. The lowest BCUT2D eigenvalue weighted by Crippen LogP contribution is -2.25. The molecule has 0 amide bonds. The first kappa shape index (κ1) is 13.4. The summed E-state index contributed by atoms with van der Waals surface area (Å²) in [5, 5.41) is 7.00. The van der Waals surface area contributed by atoms with E-state index in [4.69, 9.17) is 4.74 Å². The quantitative estimate of drug-likeness (QED) is 0.859. The van der Waals surface area contributed by atoms with Crippen LogP contribution in [0.25, 0.3) is 0 Å². The van der Waals surface area contributed by atoms with E-state index in [1.165, 1.54) is 11.3 Å². The van der Waals surface area contributed by atoms with Gasteiger partial charge in [-0.05, 0) is 24.8 Å². The maximum atomic E-state index is 5.59. The van der Waals surface area contributed by atoms with Crippen molar-refractivity contribution < 1.29 is 4.74 Å². The molecule has 1 fully saturated rings. The molecular weight excluding hydrogens is 250 g/mol. The van der Waals surface area contributed by atoms with Gasteiger partial charge in [0.1, 0.15) is 0 Å². The van der Waals surface area contributed by atoms with Gasteiger partial charge in [0.25, 0.3) is 0 Å². The molecule has 1 saturated heterocycles. The highest BCUT2D eigenvalue weighted by molar-refractivity contribution is 8.00. The Kier molecular flexibility index (Phi) is 5.35. The highest BCUT2D eigenvalue weighted by Crippen LogP contribution is 2.29. The molecule has 2 rings (SSSR count). The van der Waals surface area contributed by atoms with E-state index in [0.717, 1.165) is 19.7 Å². The summed E-state index contributed by atoms with van der Waals surface area (Å²) in [6, 6.07) is 4.29. The first-order valence-electron chi connectivity index (χ1n) is 6.26. The lowest BCUT2D eigenvalue weighted by atomic mass is 10.3. The van der Waals surface area contributed by atoms with Crippen LogP contribution >= 0.6 is 23.1 Å². The standard InChI is InChI=1S/C13H21NOS2/c1-10(17-13-5-6-15-11(13)2)8-14-9-12-4-3-7-16-12/h3-4,7,10-11,13-14H,5-6,8-9H2,1-2H3. The van der Waals surface area contributed by atoms with E-state index < -0.39 is 0 Å². The summed E-state index contributed by atoms with van der Waals surface area (Å²) in [5.74, 6) is 0. The van der Waals surface area contributed by atoms with Gasteiger partial charge in [-0.15, -0.1) is 11.3 Å². The molecule has 2 heterocycles. The molecule has 0 saturated carbocycles. The molecule has 4 heteroatoms. The zero-order valence-corrected chi connectivity index (χ0v) is 12.2. The second kappa shape index (κ2) is 6.78. The third kappa shape index (κ3) is 4.28. The van der Waals surface area contributed by atoms with Gasteiger partial charge in [-0.25, -0.2) is 0 Å². The predicted octanol–water partition coefficient (Wildman–Crippen LogP) is 3.14. The average molecular weight is 271 g/mol. The van der Waals surface area contributed by atoms with Crippen molar-refractivity contribution in [3.05, 3.63) is 22.4 Å². The minimum Gasteiger partial charge on any atom is -0.377 e. The maximum absolute atomic E-state index is 5.59. The summed E-state index contributed by atoms with van der Waals surface area (Å²) in [6.07, 6.45) is 1.64. The van der Waals surface area contributed by atoms with Gasteiger partial charge in [0.15, 0.2) is 0 Å². The van der Waals surface area contributed by atoms with Crippen molar-refractivity contribution in [2.45, 2.75) is 43.4 Å². The lowest BCUT2D eigenvalue weighted by Gasteiger charge is -2.19. The zero-order valence-electron chi connectivity index (χ0n) is 10.5. The number of hydrogen-bond donors (Lipinski definition) is 1. The molecule has 1 aromatic rings. The fourth-order valence-corrected chi connectivity index (χ4v) is 4.07. The number of thiophene rings is 1. The molecule has 96 valence electrons. The van der Waals surface area contributed by atoms with E-state index in [-0.39, 0.29) is 0 Å². The van der Waals surface area contributed by atoms with Crippen molar-refractivity contribution in [3.63, 3.8) is 0 Å². The molecular formula is C13H21NOS2. The van der Waals surface area contributed by atoms with E-state index in [0.29, 0.717) is 16.6 Å². The summed E-state index contributed by atoms with van der Waals surface area (Å²) in [4.78, 5) is 1.42. The van der Waals surface area contributed by atoms with Crippen molar-refractivity contribution >= 4 is 23.1 Å². The van der Waals surface area contributed by atoms with Crippen LogP contribution in [0.3, 0.4) is 0 Å². The van der Waals surface area contributed by atoms with E-state index in [1.54, 1.807) is 0 Å². The van der Waals surface area contributed by atoms with Crippen molar-refractivity contribution in [1.29, 1.82) is 0 Å². The van der Waals surface area contributed by atoms with Crippen LogP contribution in [0.15, 0.2) is 17.5 Å². The smallest absolute Gasteiger partial charge is 0.0666 e. The molecule has 17 heavy (non-hydrogen) atoms. The minimum absolute atomic E-state index is 0.430. The molecule has 3 atom stereocenters. The van der Waals surface area contributed by atoms with Crippen LogP contribution in [0, 0.1) is 0 Å². The Morgan fingerprint density at radius 1 is 1.65 bits per heavy atom. The predicted molar refractivity (Wildman–Crippen MR) is 76.9 cm³/mol. The normalized spacial score (nSPS) is 26.2. The second-order valence-corrected chi connectivity index (χ2v) is 7.27. The second-order valence-electron chi connectivity index (χ2n) is 4.56. The van der Waals surface area contributed by atoms with Crippen LogP contribution in [0.1, 0.15) is 25.1 Å². The molecule has 0 bridgehead atoms. The molecule has 3 unspecified atom stereocenters. The topological polar surface area (TPSA) is 21.3 Å². The van der Waals surface area contributed by atoms with E-state index in [9.17, 15) is 0 Å². The third-order valence-electron chi connectivity index (χ3n) is 3.02. The molecule has 1 aliphatic heterocycles. The SMILES string of the molecule is CC(CNCc1cccs1)SC1CCOC1C. The number of nitrogens with one attached hydrogen (secondary N) is 1. The average Bonchev–Trinajstić information content (AvgIpc) is 2.92. The van der Waals surface area contributed by atoms with Gasteiger partial charge < -0.3 is 10.1 Å². The first-order chi connectivity index (χ1) is 8.25. The molecule has 1 aromatic heterocycles. The van der Waals surface area contributed by atoms with Gasteiger partial charge in [0.2, 0.25) is 0 Å². The molecule has 0 spiro atoms. The largest absolute Gasteiger partial charge is 0.377 e. The minimum atomic E-state index is 0.430. The summed E-state index contributed by atoms with van der Waals surface area (Å²) in [6.45, 7) is 7.51. The van der Waals surface area contributed by atoms with Crippen molar-refractivity contribution in [2.75, 3.05) is 13.2 Å². The summed E-state index contributed by atoms with van der Waals surface area (Å²) in [7, 11) is 0. The Hall–Kier alpha value is -0.0300. The lowest BCUT2D eigenvalue weighted by molar-refractivity contribution is 0.127. The Morgan fingerprint density at radius 2 is 2.53 bits per heavy atom. The molecule has 0 radical (unpaired) electrons. The molecule has 0 aromatic carbocycles. The Balaban J connectivity index is 1.62. The summed E-state index contributed by atoms with van der Waals surface area (Å²) in [5.41, 5.74) is 0. The van der Waals surface area contributed by atoms with E-state index in [2.05, 4.69) is 48.4 Å². The number of ether oxygens (including phenoxy) is 1. The van der Waals surface area contributed by atoms with Crippen molar-refractivity contribution in [1.82, 2.24) is 5.32 Å². The first-order valence-corrected chi connectivity index (χ1v) is 8.08. The Labute approximate surface area is 112 Å². The van der Waals surface area contributed by atoms with Crippen LogP contribution in [-0.2, 0) is 11.3 Å². The van der Waals surface area contributed by atoms with Gasteiger partial charge in [0, 0.05) is 35.1 Å². The van der Waals surface area contributed by atoms with Crippen LogP contribution in [0.4, 0.5) is 0 Å². The van der Waals surface area contributed by atoms with Crippen LogP contribution in [0.5, 0.6) is 0 Å². The van der Waals surface area contributed by atoms with Gasteiger partial charge in [-0.2, -0.15) is 11.8 Å². The van der Waals surface area contributed by atoms with Crippen molar-refractivity contribution in [3.8, 4) is 0 Å². The van der Waals surface area contributed by atoms with E-state index in [1.807, 2.05) is 11.3 Å². The molecule has 1 N–H and O–H groups in total. The van der Waals surface area contributed by atoms with Gasteiger partial charge >= 0.3 is 0 Å². The Bertz CT molecular complexity index is 315. The number of hydrogen-bond acceptors (Lipinski definition) is 4. The molecule has 0 aliphatic carbocycles. The molecule has 2 nitrogen and oxygen atoms in total. The monoisotopic (exact) mass is 271 g/mol. The Morgan fingerprint density at radius 3 is 3.18 bits per heavy atom. The summed E-state index contributed by atoms with van der Waals surface area (Å²) >= 11 is 3.89. The van der Waals surface area contributed by atoms with Crippen LogP contribution in [-0.4, -0.2) is 29.8 Å². The summed E-state index contributed by atoms with van der Waals surface area (Å²) < 4.78 is 5.59. The van der Waals surface area contributed by atoms with Crippen LogP contribution < -0.4 is 5.32 Å². The fourth-order valence-electron chi connectivity index (χ4n) is 2.05. The fraction of sp³-hybridized carbons (Fsp3) is 0.692. The van der Waals surface area contributed by atoms with Gasteiger partial charge in [-0.1, -0.05) is 13.0 Å². The molecule has 1 aliphatic rings. The van der Waals surface area contributed by atoms with Crippen LogP contribution in [0.2, 0.25) is 0 Å². The van der Waals surface area contributed by atoms with Gasteiger partial charge in [-0.3, -0.25) is 0 Å². The third-order valence-corrected chi connectivity index (χ3v) is 5.50. The highest BCUT2D eigenvalue weighted by Gasteiger charge is 2.26. The zero-order chi connectivity index (χ0) is 12.1. The van der Waals surface area contributed by atoms with Crippen molar-refractivity contribution in [2.24, 2.45) is 0 Å². The number of rotatable bonds is 6.